The average Bonchev–Trinajstić information content (AvgIpc) is 2.88. The van der Waals surface area contributed by atoms with E-state index in [-0.39, 0.29) is 16.7 Å². The number of fused-ring (bicyclic) bond motifs is 5. The number of non-ortho nitro benzene ring substituents is 1. The number of anilines is 1. The molecule has 4 rings (SSSR count). The smallest absolute Gasteiger partial charge is 0.258 e. The first-order valence-corrected chi connectivity index (χ1v) is 7.45. The van der Waals surface area contributed by atoms with Crippen molar-refractivity contribution in [2.75, 3.05) is 11.4 Å². The Hall–Kier alpha value is -2.69. The first kappa shape index (κ1) is 13.0. The first-order chi connectivity index (χ1) is 10.7. The van der Waals surface area contributed by atoms with Gasteiger partial charge in [-0.2, -0.15) is 0 Å². The highest BCUT2D eigenvalue weighted by Crippen LogP contribution is 2.33. The standard InChI is InChI=1S/C17H16N3O2/c1-2-18-15-5-3-4-6-16(15)19-14-9-8-13(20(21)22)11-12(14)7-10-17(18)19/h3-11,15-16H,2H2,1H3/q+1. The zero-order valence-electron chi connectivity index (χ0n) is 12.2. The molecule has 2 aromatic rings. The van der Waals surface area contributed by atoms with E-state index < -0.39 is 0 Å². The van der Waals surface area contributed by atoms with Crippen LogP contribution in [0.25, 0.3) is 10.9 Å². The molecule has 110 valence electrons. The van der Waals surface area contributed by atoms with Crippen LogP contribution in [0.3, 0.4) is 0 Å². The molecule has 0 spiro atoms. The molecule has 0 saturated heterocycles. The van der Waals surface area contributed by atoms with E-state index in [4.69, 9.17) is 0 Å². The van der Waals surface area contributed by atoms with Crippen molar-refractivity contribution in [1.82, 2.24) is 0 Å². The van der Waals surface area contributed by atoms with Gasteiger partial charge >= 0.3 is 0 Å². The fourth-order valence-corrected chi connectivity index (χ4v) is 3.56. The van der Waals surface area contributed by atoms with Gasteiger partial charge in [-0.3, -0.25) is 15.0 Å². The number of allylic oxidation sites excluding steroid dienone is 2. The molecule has 1 aromatic carbocycles. The number of hydrogen-bond acceptors (Lipinski definition) is 3. The molecule has 0 bridgehead atoms. The molecular weight excluding hydrogens is 278 g/mol. The van der Waals surface area contributed by atoms with Gasteiger partial charge in [0.05, 0.1) is 11.5 Å². The fourth-order valence-electron chi connectivity index (χ4n) is 3.56. The summed E-state index contributed by atoms with van der Waals surface area (Å²) in [6, 6.07) is 9.69. The van der Waals surface area contributed by atoms with E-state index in [9.17, 15) is 10.1 Å². The Morgan fingerprint density at radius 1 is 1.23 bits per heavy atom. The number of nitro benzene ring substituents is 1. The fraction of sp³-hybridized carbons (Fsp3) is 0.235. The lowest BCUT2D eigenvalue weighted by Gasteiger charge is -2.17. The molecule has 0 saturated carbocycles. The largest absolute Gasteiger partial charge is 0.278 e. The van der Waals surface area contributed by atoms with Crippen molar-refractivity contribution < 1.29 is 9.49 Å². The van der Waals surface area contributed by atoms with E-state index in [1.54, 1.807) is 12.1 Å². The molecule has 2 heterocycles. The second-order valence-corrected chi connectivity index (χ2v) is 5.60. The molecule has 2 atom stereocenters. The minimum Gasteiger partial charge on any atom is -0.258 e. The molecular formula is C17H16N3O2+. The molecule has 2 unspecified atom stereocenters. The van der Waals surface area contributed by atoms with Crippen LogP contribution >= 0.6 is 0 Å². The highest BCUT2D eigenvalue weighted by atomic mass is 16.6. The van der Waals surface area contributed by atoms with E-state index in [1.807, 2.05) is 12.1 Å². The summed E-state index contributed by atoms with van der Waals surface area (Å²) in [6.45, 7) is 3.08. The van der Waals surface area contributed by atoms with Crippen LogP contribution in [-0.2, 0) is 0 Å². The molecule has 5 heteroatoms. The van der Waals surface area contributed by atoms with Gasteiger partial charge in [-0.1, -0.05) is 12.2 Å². The highest BCUT2D eigenvalue weighted by Gasteiger charge is 2.44. The van der Waals surface area contributed by atoms with Gasteiger partial charge in [0.15, 0.2) is 12.1 Å². The minimum atomic E-state index is -0.346. The van der Waals surface area contributed by atoms with Crippen LogP contribution in [-0.4, -0.2) is 17.5 Å². The van der Waals surface area contributed by atoms with E-state index in [0.29, 0.717) is 6.04 Å². The Morgan fingerprint density at radius 3 is 2.82 bits per heavy atom. The van der Waals surface area contributed by atoms with Crippen molar-refractivity contribution >= 4 is 22.4 Å². The molecule has 5 nitrogen and oxygen atoms in total. The monoisotopic (exact) mass is 294 g/mol. The Balaban J connectivity index is 1.97. The van der Waals surface area contributed by atoms with E-state index >= 15 is 0 Å². The summed E-state index contributed by atoms with van der Waals surface area (Å²) >= 11 is 0. The van der Waals surface area contributed by atoms with Crippen molar-refractivity contribution in [3.63, 3.8) is 0 Å². The lowest BCUT2D eigenvalue weighted by molar-refractivity contribution is -0.663. The first-order valence-electron chi connectivity index (χ1n) is 7.45. The van der Waals surface area contributed by atoms with Crippen LogP contribution in [0.2, 0.25) is 0 Å². The van der Waals surface area contributed by atoms with Gasteiger partial charge in [-0.15, -0.1) is 0 Å². The summed E-state index contributed by atoms with van der Waals surface area (Å²) in [7, 11) is 0. The molecule has 1 aromatic heterocycles. The highest BCUT2D eigenvalue weighted by molar-refractivity contribution is 5.79. The maximum absolute atomic E-state index is 11.0. The lowest BCUT2D eigenvalue weighted by atomic mass is 10.0. The summed E-state index contributed by atoms with van der Waals surface area (Å²) in [5, 5.41) is 11.9. The number of likely N-dealkylation sites (N-methyl/N-ethyl adjacent to an activating group) is 1. The van der Waals surface area contributed by atoms with Gasteiger partial charge in [0.25, 0.3) is 11.5 Å². The van der Waals surface area contributed by atoms with Gasteiger partial charge < -0.3 is 0 Å². The van der Waals surface area contributed by atoms with Crippen molar-refractivity contribution in [2.24, 2.45) is 0 Å². The van der Waals surface area contributed by atoms with Crippen LogP contribution in [0.5, 0.6) is 0 Å². The molecule has 1 aliphatic carbocycles. The molecule has 2 aliphatic rings. The summed E-state index contributed by atoms with van der Waals surface area (Å²) in [5.41, 5.74) is 1.17. The van der Waals surface area contributed by atoms with E-state index in [2.05, 4.69) is 46.8 Å². The summed E-state index contributed by atoms with van der Waals surface area (Å²) in [6.07, 6.45) is 8.58. The third-order valence-electron chi connectivity index (χ3n) is 4.51. The third-order valence-corrected chi connectivity index (χ3v) is 4.51. The van der Waals surface area contributed by atoms with Crippen LogP contribution in [0.15, 0.2) is 54.6 Å². The Labute approximate surface area is 127 Å². The van der Waals surface area contributed by atoms with Gasteiger partial charge in [-0.05, 0) is 31.2 Å². The summed E-state index contributed by atoms with van der Waals surface area (Å²) in [5.74, 6) is 1.16. The molecule has 0 fully saturated rings. The minimum absolute atomic E-state index is 0.133. The molecule has 0 N–H and O–H groups in total. The van der Waals surface area contributed by atoms with Gasteiger partial charge in [0, 0.05) is 23.6 Å². The van der Waals surface area contributed by atoms with Crippen LogP contribution in [0.1, 0.15) is 13.0 Å². The van der Waals surface area contributed by atoms with Gasteiger partial charge in [-0.25, -0.2) is 4.57 Å². The summed E-state index contributed by atoms with van der Waals surface area (Å²) in [4.78, 5) is 13.0. The SMILES string of the molecule is CCN1c2ccc3cc([N+](=O)[O-])ccc3[n+]2C2C=CC=CC21. The van der Waals surface area contributed by atoms with Crippen molar-refractivity contribution in [3.05, 3.63) is 64.8 Å². The average molecular weight is 294 g/mol. The molecule has 22 heavy (non-hydrogen) atoms. The van der Waals surface area contributed by atoms with Crippen LogP contribution < -0.4 is 9.47 Å². The molecule has 0 radical (unpaired) electrons. The van der Waals surface area contributed by atoms with Gasteiger partial charge in [0.1, 0.15) is 5.52 Å². The quantitative estimate of drug-likeness (QED) is 0.486. The maximum Gasteiger partial charge on any atom is 0.278 e. The van der Waals surface area contributed by atoms with Crippen LogP contribution in [0.4, 0.5) is 11.5 Å². The summed E-state index contributed by atoms with van der Waals surface area (Å²) < 4.78 is 2.28. The van der Waals surface area contributed by atoms with Crippen molar-refractivity contribution in [2.45, 2.75) is 19.0 Å². The molecule has 1 aliphatic heterocycles. The van der Waals surface area contributed by atoms with Crippen molar-refractivity contribution in [1.29, 1.82) is 0 Å². The number of nitro groups is 1. The topological polar surface area (TPSA) is 50.3 Å². The number of hydrogen-bond donors (Lipinski definition) is 0. The van der Waals surface area contributed by atoms with Gasteiger partial charge in [0.2, 0.25) is 0 Å². The number of nitrogens with zero attached hydrogens (tertiary/aromatic N) is 3. The predicted molar refractivity (Wildman–Crippen MR) is 84.9 cm³/mol. The lowest BCUT2D eigenvalue weighted by Crippen LogP contribution is -2.40. The normalized spacial score (nSPS) is 22.0. The van der Waals surface area contributed by atoms with Crippen molar-refractivity contribution in [3.8, 4) is 0 Å². The van der Waals surface area contributed by atoms with E-state index in [0.717, 1.165) is 23.3 Å². The maximum atomic E-state index is 11.0. The second-order valence-electron chi connectivity index (χ2n) is 5.60. The number of rotatable bonds is 2. The molecule has 0 amide bonds. The van der Waals surface area contributed by atoms with E-state index in [1.165, 1.54) is 0 Å². The third kappa shape index (κ3) is 1.68. The zero-order valence-corrected chi connectivity index (χ0v) is 12.2. The Morgan fingerprint density at radius 2 is 2.05 bits per heavy atom. The van der Waals surface area contributed by atoms with Crippen LogP contribution in [0, 0.1) is 10.1 Å². The number of pyridine rings is 1. The number of benzene rings is 1. The second kappa shape index (κ2) is 4.66. The number of aromatic nitrogens is 1. The Bertz CT molecular complexity index is 841. The zero-order chi connectivity index (χ0) is 15.3. The Kier molecular flexibility index (Phi) is 2.76. The predicted octanol–water partition coefficient (Wildman–Crippen LogP) is 2.91.